The van der Waals surface area contributed by atoms with Gasteiger partial charge in [0.25, 0.3) is 5.56 Å². The molecule has 5 atom stereocenters. The van der Waals surface area contributed by atoms with Gasteiger partial charge >= 0.3 is 11.9 Å². The molecule has 0 radical (unpaired) electrons. The molecule has 246 valence electrons. The second kappa shape index (κ2) is 14.6. The molecule has 1 aromatic carbocycles. The number of benzene rings is 1. The molecule has 0 spiro atoms. The highest BCUT2D eigenvalue weighted by Gasteiger charge is 2.45. The lowest BCUT2D eigenvalue weighted by atomic mass is 9.89. The third-order valence-corrected chi connectivity index (χ3v) is 10.7. The van der Waals surface area contributed by atoms with Crippen LogP contribution >= 0.6 is 0 Å². The average Bonchev–Trinajstić information content (AvgIpc) is 3.55. The topological polar surface area (TPSA) is 106 Å². The summed E-state index contributed by atoms with van der Waals surface area (Å²) in [6, 6.07) is 9.94. The Morgan fingerprint density at radius 1 is 0.822 bits per heavy atom. The first-order valence-electron chi connectivity index (χ1n) is 17.6. The van der Waals surface area contributed by atoms with E-state index in [-0.39, 0.29) is 36.8 Å². The van der Waals surface area contributed by atoms with Crippen LogP contribution in [0.25, 0.3) is 11.0 Å². The molecule has 10 heteroatoms. The largest absolute Gasteiger partial charge is 0.466 e. The Hall–Kier alpha value is -2.98. The summed E-state index contributed by atoms with van der Waals surface area (Å²) in [5, 5.41) is 3.33. The van der Waals surface area contributed by atoms with Crippen molar-refractivity contribution in [2.75, 3.05) is 44.7 Å². The minimum atomic E-state index is -0.552. The van der Waals surface area contributed by atoms with E-state index in [0.29, 0.717) is 50.1 Å². The number of piperidine rings is 1. The number of ether oxygens (including phenoxy) is 2. The van der Waals surface area contributed by atoms with Gasteiger partial charge in [-0.2, -0.15) is 0 Å². The summed E-state index contributed by atoms with van der Waals surface area (Å²) in [6.45, 7) is 5.94. The number of carbonyl (C=O) groups is 2. The van der Waals surface area contributed by atoms with E-state index < -0.39 is 11.8 Å². The lowest BCUT2D eigenvalue weighted by Crippen LogP contribution is -2.50. The van der Waals surface area contributed by atoms with E-state index >= 15 is 0 Å². The highest BCUT2D eigenvalue weighted by Crippen LogP contribution is 2.44. The standard InChI is InChI=1S/C35H51N5O5/c1-3-44-34(42)28-22-38(23-29(28)35(43)45-4-2)19-18-36-32-33(41)40(31-15-11-10-14-30(31)37-32)27-20-25-16-17-26(21-27)39(25)24-12-8-6-5-7-9-13-24/h10-11,14-15,24-29H,3-9,12-13,16-23H2,1-2H3,(H,36,37)/t25-,26+,27?,28-,29-/m1/s1. The first-order chi connectivity index (χ1) is 22.0. The third-order valence-electron chi connectivity index (χ3n) is 10.7. The minimum Gasteiger partial charge on any atom is -0.466 e. The number of carbonyl (C=O) groups excluding carboxylic acids is 2. The number of rotatable bonds is 10. The van der Waals surface area contributed by atoms with Crippen molar-refractivity contribution in [3.05, 3.63) is 34.6 Å². The molecule has 6 rings (SSSR count). The number of para-hydroxylation sites is 2. The van der Waals surface area contributed by atoms with Crippen LogP contribution in [0.5, 0.6) is 0 Å². The van der Waals surface area contributed by atoms with Gasteiger partial charge in [-0.3, -0.25) is 24.2 Å². The van der Waals surface area contributed by atoms with Crippen LogP contribution in [0.1, 0.15) is 90.5 Å². The van der Waals surface area contributed by atoms with Crippen LogP contribution in [-0.2, 0) is 19.1 Å². The zero-order valence-corrected chi connectivity index (χ0v) is 27.1. The van der Waals surface area contributed by atoms with E-state index in [1.165, 1.54) is 57.8 Å². The lowest BCUT2D eigenvalue weighted by Gasteiger charge is -2.45. The van der Waals surface area contributed by atoms with Gasteiger partial charge < -0.3 is 19.4 Å². The van der Waals surface area contributed by atoms with Gasteiger partial charge in [-0.1, -0.05) is 44.2 Å². The van der Waals surface area contributed by atoms with Crippen LogP contribution in [0.4, 0.5) is 5.82 Å². The second-order valence-electron chi connectivity index (χ2n) is 13.5. The first kappa shape index (κ1) is 32.0. The van der Waals surface area contributed by atoms with Gasteiger partial charge in [-0.25, -0.2) is 4.98 Å². The van der Waals surface area contributed by atoms with Crippen LogP contribution in [0, 0.1) is 11.8 Å². The maximum absolute atomic E-state index is 14.1. The molecule has 1 unspecified atom stereocenters. The van der Waals surface area contributed by atoms with Crippen LogP contribution in [0.2, 0.25) is 0 Å². The molecule has 2 aromatic rings. The summed E-state index contributed by atoms with van der Waals surface area (Å²) in [7, 11) is 0. The molecule has 0 amide bonds. The van der Waals surface area contributed by atoms with Crippen molar-refractivity contribution < 1.29 is 19.1 Å². The van der Waals surface area contributed by atoms with E-state index in [9.17, 15) is 14.4 Å². The zero-order chi connectivity index (χ0) is 31.3. The fourth-order valence-electron chi connectivity index (χ4n) is 8.73. The molecule has 4 fully saturated rings. The SMILES string of the molecule is CCOC(=O)[C@@H]1CN(CCNc2nc3ccccc3n(C3C[C@H]4CC[C@@H](C3)N4C3CCCCCCC3)c2=O)C[C@H]1C(=O)OCC. The third kappa shape index (κ3) is 6.92. The predicted molar refractivity (Wildman–Crippen MR) is 174 cm³/mol. The van der Waals surface area contributed by atoms with E-state index in [1.54, 1.807) is 13.8 Å². The quantitative estimate of drug-likeness (QED) is 0.376. The molecule has 3 saturated heterocycles. The highest BCUT2D eigenvalue weighted by molar-refractivity contribution is 5.83. The fraction of sp³-hybridized carbons (Fsp3) is 0.714. The molecule has 4 heterocycles. The number of esters is 2. The summed E-state index contributed by atoms with van der Waals surface area (Å²) in [6.07, 6.45) is 13.9. The number of likely N-dealkylation sites (tertiary alicyclic amines) is 1. The minimum absolute atomic E-state index is 0.0623. The van der Waals surface area contributed by atoms with Gasteiger partial charge in [-0.15, -0.1) is 0 Å². The van der Waals surface area contributed by atoms with Crippen LogP contribution in [0.15, 0.2) is 29.1 Å². The van der Waals surface area contributed by atoms with E-state index in [2.05, 4.69) is 15.1 Å². The maximum Gasteiger partial charge on any atom is 0.311 e. The average molecular weight is 622 g/mol. The van der Waals surface area contributed by atoms with Crippen molar-refractivity contribution in [2.45, 2.75) is 109 Å². The maximum atomic E-state index is 14.1. The second-order valence-corrected chi connectivity index (χ2v) is 13.5. The Morgan fingerprint density at radius 3 is 2.04 bits per heavy atom. The molecule has 10 nitrogen and oxygen atoms in total. The van der Waals surface area contributed by atoms with Gasteiger partial charge in [0.1, 0.15) is 0 Å². The molecule has 1 aliphatic carbocycles. The van der Waals surface area contributed by atoms with Crippen molar-refractivity contribution in [3.8, 4) is 0 Å². The van der Waals surface area contributed by atoms with Crippen molar-refractivity contribution >= 4 is 28.8 Å². The molecular formula is C35H51N5O5. The molecule has 1 aromatic heterocycles. The zero-order valence-electron chi connectivity index (χ0n) is 27.1. The number of hydrogen-bond acceptors (Lipinski definition) is 9. The summed E-state index contributed by atoms with van der Waals surface area (Å²) in [5.41, 5.74) is 1.67. The summed E-state index contributed by atoms with van der Waals surface area (Å²) in [5.74, 6) is -1.46. The monoisotopic (exact) mass is 621 g/mol. The van der Waals surface area contributed by atoms with Crippen LogP contribution in [-0.4, -0.2) is 88.8 Å². The van der Waals surface area contributed by atoms with Crippen molar-refractivity contribution in [1.82, 2.24) is 19.4 Å². The summed E-state index contributed by atoms with van der Waals surface area (Å²) < 4.78 is 12.6. The van der Waals surface area contributed by atoms with E-state index in [4.69, 9.17) is 14.5 Å². The number of nitrogens with zero attached hydrogens (tertiary/aromatic N) is 4. The number of nitrogens with one attached hydrogen (secondary N) is 1. The number of anilines is 1. The Labute approximate surface area is 266 Å². The van der Waals surface area contributed by atoms with Crippen molar-refractivity contribution in [1.29, 1.82) is 0 Å². The fourth-order valence-corrected chi connectivity index (χ4v) is 8.73. The predicted octanol–water partition coefficient (Wildman–Crippen LogP) is 4.76. The molecule has 1 saturated carbocycles. The smallest absolute Gasteiger partial charge is 0.311 e. The highest BCUT2D eigenvalue weighted by atomic mass is 16.5. The summed E-state index contributed by atoms with van der Waals surface area (Å²) in [4.78, 5) is 49.1. The molecule has 3 aliphatic heterocycles. The number of hydrogen-bond donors (Lipinski definition) is 1. The first-order valence-corrected chi connectivity index (χ1v) is 17.6. The van der Waals surface area contributed by atoms with Crippen molar-refractivity contribution in [3.63, 3.8) is 0 Å². The molecule has 4 aliphatic rings. The van der Waals surface area contributed by atoms with Gasteiger partial charge in [0, 0.05) is 50.3 Å². The van der Waals surface area contributed by atoms with Crippen molar-refractivity contribution in [2.24, 2.45) is 11.8 Å². The van der Waals surface area contributed by atoms with Gasteiger partial charge in [0.15, 0.2) is 5.82 Å². The van der Waals surface area contributed by atoms with Gasteiger partial charge in [0.2, 0.25) is 0 Å². The van der Waals surface area contributed by atoms with Crippen LogP contribution < -0.4 is 10.9 Å². The normalized spacial score (nSPS) is 28.1. The van der Waals surface area contributed by atoms with E-state index in [0.717, 1.165) is 23.9 Å². The Balaban J connectivity index is 1.16. The lowest BCUT2D eigenvalue weighted by molar-refractivity contribution is -0.157. The van der Waals surface area contributed by atoms with Gasteiger partial charge in [0.05, 0.1) is 36.1 Å². The molecule has 1 N–H and O–H groups in total. The summed E-state index contributed by atoms with van der Waals surface area (Å²) >= 11 is 0. The Morgan fingerprint density at radius 2 is 1.42 bits per heavy atom. The Kier molecular flexibility index (Phi) is 10.4. The molecule has 45 heavy (non-hydrogen) atoms. The molecule has 2 bridgehead atoms. The van der Waals surface area contributed by atoms with Crippen LogP contribution in [0.3, 0.4) is 0 Å². The Bertz CT molecular complexity index is 1350. The number of fused-ring (bicyclic) bond motifs is 3. The number of aromatic nitrogens is 2. The van der Waals surface area contributed by atoms with E-state index in [1.807, 2.05) is 28.8 Å². The van der Waals surface area contributed by atoms with Gasteiger partial charge in [-0.05, 0) is 64.5 Å². The molecular weight excluding hydrogens is 570 g/mol.